The Balaban J connectivity index is 1.69. The number of furan rings is 1. The van der Waals surface area contributed by atoms with Crippen molar-refractivity contribution < 1.29 is 23.5 Å². The molecule has 0 saturated carbocycles. The van der Waals surface area contributed by atoms with Crippen molar-refractivity contribution >= 4 is 113 Å². The van der Waals surface area contributed by atoms with Gasteiger partial charge >= 0.3 is 11.9 Å². The van der Waals surface area contributed by atoms with Crippen LogP contribution in [-0.4, -0.2) is 31.8 Å². The number of methoxy groups -OCH3 is 1. The Morgan fingerprint density at radius 2 is 1.83 bits per heavy atom. The average Bonchev–Trinajstić information content (AvgIpc) is 3.11. The van der Waals surface area contributed by atoms with Crippen LogP contribution in [0.15, 0.2) is 44.3 Å². The maximum absolute atomic E-state index is 12.4. The van der Waals surface area contributed by atoms with E-state index < -0.39 is 11.9 Å². The third kappa shape index (κ3) is 5.85. The van der Waals surface area contributed by atoms with Gasteiger partial charge in [0.05, 0.1) is 24.0 Å². The minimum atomic E-state index is -0.456. The Bertz CT molecular complexity index is 1140. The molecule has 1 aromatic heterocycles. The maximum atomic E-state index is 12.4. The second-order valence-corrected chi connectivity index (χ2v) is 10.2. The molecule has 0 spiro atoms. The number of hydrogen-bond acceptors (Lipinski definition) is 6. The van der Waals surface area contributed by atoms with E-state index in [4.69, 9.17) is 9.15 Å². The molecule has 0 aliphatic carbocycles. The third-order valence-corrected chi connectivity index (χ3v) is 6.58. The lowest BCUT2D eigenvalue weighted by Gasteiger charge is -2.10. The summed E-state index contributed by atoms with van der Waals surface area (Å²) < 4.78 is 19.1. The Labute approximate surface area is 220 Å². The van der Waals surface area contributed by atoms with Crippen LogP contribution in [0.4, 0.5) is 0 Å². The highest BCUT2D eigenvalue weighted by atomic mass is 127. The molecule has 0 fully saturated rings. The fourth-order valence-corrected chi connectivity index (χ4v) is 6.18. The first-order valence-corrected chi connectivity index (χ1v) is 12.2. The number of nitrogens with one attached hydrogen (secondary N) is 1. The monoisotopic (exact) mass is 808 g/mol. The zero-order valence-electron chi connectivity index (χ0n) is 15.2. The summed E-state index contributed by atoms with van der Waals surface area (Å²) in [6, 6.07) is 9.12. The molecule has 1 N–H and O–H groups in total. The van der Waals surface area contributed by atoms with E-state index in [2.05, 4.69) is 99.0 Å². The molecule has 30 heavy (non-hydrogen) atoms. The number of hydrogen-bond donors (Lipinski definition) is 1. The number of rotatable bonds is 6. The Hall–Kier alpha value is -0.940. The number of fused-ring (bicyclic) bond motifs is 1. The molecule has 0 saturated heterocycles. The summed E-state index contributed by atoms with van der Waals surface area (Å²) in [5, 5.41) is 4.84. The summed E-state index contributed by atoms with van der Waals surface area (Å²) >= 11 is 9.80. The molecule has 0 bridgehead atoms. The molecule has 3 rings (SSSR count). The standard InChI is InChI=1S/C19H12BrI3N2O5/c1-28-16(26)8-29-18-12(21)2-9(3-13(18)22)7-24-25-19(27)15-5-10-4-11(20)6-14(23)17(10)30-15/h2-7H,8H2,1H3,(H,25,27)/b24-7-. The second kappa shape index (κ2) is 10.6. The third-order valence-electron chi connectivity index (χ3n) is 3.72. The van der Waals surface area contributed by atoms with Crippen LogP contribution < -0.4 is 10.2 Å². The van der Waals surface area contributed by atoms with Crippen LogP contribution in [0.3, 0.4) is 0 Å². The van der Waals surface area contributed by atoms with E-state index in [1.54, 1.807) is 6.07 Å². The molecule has 0 atom stereocenters. The van der Waals surface area contributed by atoms with E-state index in [-0.39, 0.29) is 12.4 Å². The summed E-state index contributed by atoms with van der Waals surface area (Å²) in [4.78, 5) is 23.6. The van der Waals surface area contributed by atoms with Crippen molar-refractivity contribution in [3.05, 3.63) is 56.8 Å². The molecule has 7 nitrogen and oxygen atoms in total. The van der Waals surface area contributed by atoms with Crippen LogP contribution in [0.5, 0.6) is 5.75 Å². The highest BCUT2D eigenvalue weighted by molar-refractivity contribution is 14.1. The zero-order chi connectivity index (χ0) is 21.8. The SMILES string of the molecule is COC(=O)COc1c(I)cc(/C=N\NC(=O)c2cc3cc(Br)cc(I)c3o2)cc1I. The van der Waals surface area contributed by atoms with Gasteiger partial charge in [0.2, 0.25) is 0 Å². The van der Waals surface area contributed by atoms with Gasteiger partial charge in [-0.05, 0) is 104 Å². The summed E-state index contributed by atoms with van der Waals surface area (Å²) in [5.41, 5.74) is 3.88. The van der Waals surface area contributed by atoms with E-state index in [1.165, 1.54) is 13.3 Å². The fraction of sp³-hybridized carbons (Fsp3) is 0.105. The number of esters is 1. The van der Waals surface area contributed by atoms with Crippen molar-refractivity contribution in [1.82, 2.24) is 5.43 Å². The Morgan fingerprint density at radius 3 is 2.50 bits per heavy atom. The van der Waals surface area contributed by atoms with Gasteiger partial charge in [0.25, 0.3) is 0 Å². The molecule has 0 aliphatic rings. The van der Waals surface area contributed by atoms with E-state index in [1.807, 2.05) is 24.3 Å². The predicted octanol–water partition coefficient (Wildman–Crippen LogP) is 5.32. The number of carbonyl (C=O) groups is 2. The van der Waals surface area contributed by atoms with Gasteiger partial charge in [0.1, 0.15) is 11.3 Å². The average molecular weight is 809 g/mol. The second-order valence-electron chi connectivity index (χ2n) is 5.79. The molecule has 1 amide bonds. The first kappa shape index (κ1) is 23.7. The smallest absolute Gasteiger partial charge is 0.343 e. The maximum Gasteiger partial charge on any atom is 0.343 e. The molecule has 156 valence electrons. The largest absolute Gasteiger partial charge is 0.480 e. The van der Waals surface area contributed by atoms with Crippen LogP contribution in [0.2, 0.25) is 0 Å². The number of amides is 1. The van der Waals surface area contributed by atoms with Crippen molar-refractivity contribution in [2.45, 2.75) is 0 Å². The van der Waals surface area contributed by atoms with Gasteiger partial charge in [0, 0.05) is 9.86 Å². The summed E-state index contributed by atoms with van der Waals surface area (Å²) in [5.74, 6) is -0.140. The number of ether oxygens (including phenoxy) is 2. The molecule has 0 aliphatic heterocycles. The fourth-order valence-electron chi connectivity index (χ4n) is 2.39. The van der Waals surface area contributed by atoms with Gasteiger partial charge in [-0.25, -0.2) is 10.2 Å². The van der Waals surface area contributed by atoms with E-state index in [0.717, 1.165) is 26.1 Å². The number of halogens is 4. The van der Waals surface area contributed by atoms with Crippen molar-refractivity contribution in [3.63, 3.8) is 0 Å². The van der Waals surface area contributed by atoms with Gasteiger partial charge in [-0.1, -0.05) is 15.9 Å². The highest BCUT2D eigenvalue weighted by Crippen LogP contribution is 2.29. The minimum Gasteiger partial charge on any atom is -0.480 e. The molecule has 2 aromatic carbocycles. The van der Waals surface area contributed by atoms with Crippen LogP contribution >= 0.6 is 83.7 Å². The normalized spacial score (nSPS) is 11.1. The lowest BCUT2D eigenvalue weighted by Crippen LogP contribution is -2.16. The van der Waals surface area contributed by atoms with Crippen LogP contribution in [-0.2, 0) is 9.53 Å². The lowest BCUT2D eigenvalue weighted by atomic mass is 10.2. The Kier molecular flexibility index (Phi) is 8.37. The van der Waals surface area contributed by atoms with Crippen LogP contribution in [0, 0.1) is 10.7 Å². The van der Waals surface area contributed by atoms with Crippen molar-refractivity contribution in [2.75, 3.05) is 13.7 Å². The number of nitrogens with zero attached hydrogens (tertiary/aromatic N) is 1. The topological polar surface area (TPSA) is 90.1 Å². The first-order chi connectivity index (χ1) is 14.3. The molecule has 1 heterocycles. The number of carbonyl (C=O) groups excluding carboxylic acids is 2. The van der Waals surface area contributed by atoms with Gasteiger partial charge in [0.15, 0.2) is 12.4 Å². The Morgan fingerprint density at radius 1 is 1.13 bits per heavy atom. The lowest BCUT2D eigenvalue weighted by molar-refractivity contribution is -0.142. The zero-order valence-corrected chi connectivity index (χ0v) is 23.2. The highest BCUT2D eigenvalue weighted by Gasteiger charge is 2.14. The van der Waals surface area contributed by atoms with Crippen LogP contribution in [0.25, 0.3) is 11.0 Å². The molecule has 0 unspecified atom stereocenters. The summed E-state index contributed by atoms with van der Waals surface area (Å²) in [7, 11) is 1.31. The van der Waals surface area contributed by atoms with Gasteiger partial charge in [-0.2, -0.15) is 5.10 Å². The molecular weight excluding hydrogens is 797 g/mol. The number of benzene rings is 2. The molecule has 11 heteroatoms. The minimum absolute atomic E-state index is 0.168. The van der Waals surface area contributed by atoms with Crippen molar-refractivity contribution in [1.29, 1.82) is 0 Å². The molecular formula is C19H12BrI3N2O5. The summed E-state index contributed by atoms with van der Waals surface area (Å²) in [6.07, 6.45) is 1.52. The number of hydrazone groups is 1. The van der Waals surface area contributed by atoms with E-state index in [9.17, 15) is 9.59 Å². The quantitative estimate of drug-likeness (QED) is 0.158. The summed E-state index contributed by atoms with van der Waals surface area (Å²) in [6.45, 7) is -0.168. The van der Waals surface area contributed by atoms with Crippen molar-refractivity contribution in [3.8, 4) is 5.75 Å². The van der Waals surface area contributed by atoms with Gasteiger partial charge < -0.3 is 13.9 Å². The van der Waals surface area contributed by atoms with Crippen LogP contribution in [0.1, 0.15) is 16.1 Å². The predicted molar refractivity (Wildman–Crippen MR) is 141 cm³/mol. The van der Waals surface area contributed by atoms with Gasteiger partial charge in [-0.15, -0.1) is 0 Å². The first-order valence-electron chi connectivity index (χ1n) is 8.19. The molecule has 3 aromatic rings. The van der Waals surface area contributed by atoms with Crippen molar-refractivity contribution in [2.24, 2.45) is 5.10 Å². The van der Waals surface area contributed by atoms with E-state index >= 15 is 0 Å². The molecule has 0 radical (unpaired) electrons. The van der Waals surface area contributed by atoms with Gasteiger partial charge in [-0.3, -0.25) is 4.79 Å². The van der Waals surface area contributed by atoms with E-state index in [0.29, 0.717) is 11.3 Å².